The zero-order valence-electron chi connectivity index (χ0n) is 24.0. The van der Waals surface area contributed by atoms with E-state index in [0.717, 1.165) is 73.2 Å². The van der Waals surface area contributed by atoms with Crippen molar-refractivity contribution < 1.29 is 22.6 Å². The number of methoxy groups -OCH3 is 2. The number of fused-ring (bicyclic) bond motifs is 1. The minimum absolute atomic E-state index is 0.112. The fourth-order valence-corrected chi connectivity index (χ4v) is 6.97. The van der Waals surface area contributed by atoms with E-state index >= 15 is 0 Å². The number of rotatable bonds is 8. The van der Waals surface area contributed by atoms with Crippen molar-refractivity contribution in [3.05, 3.63) is 42.0 Å². The Morgan fingerprint density at radius 2 is 1.70 bits per heavy atom. The third kappa shape index (κ3) is 6.07. The number of halogens is 3. The van der Waals surface area contributed by atoms with Gasteiger partial charge in [-0.05, 0) is 105 Å². The van der Waals surface area contributed by atoms with Gasteiger partial charge < -0.3 is 24.7 Å². The van der Waals surface area contributed by atoms with Crippen molar-refractivity contribution in [2.24, 2.45) is 11.8 Å². The second kappa shape index (κ2) is 11.9. The molecule has 2 aliphatic heterocycles. The molecule has 2 aliphatic rings. The third-order valence-electron chi connectivity index (χ3n) is 8.97. The van der Waals surface area contributed by atoms with Crippen molar-refractivity contribution in [3.63, 3.8) is 0 Å². The molecule has 0 aliphatic carbocycles. The summed E-state index contributed by atoms with van der Waals surface area (Å²) in [7, 11) is 3.25. The van der Waals surface area contributed by atoms with Crippen LogP contribution in [0.5, 0.6) is 11.5 Å². The first kappa shape index (κ1) is 28.7. The van der Waals surface area contributed by atoms with Crippen molar-refractivity contribution in [1.29, 1.82) is 0 Å². The zero-order valence-corrected chi connectivity index (χ0v) is 24.0. The molecule has 2 atom stereocenters. The molecule has 40 heavy (non-hydrogen) atoms. The first-order valence-corrected chi connectivity index (χ1v) is 14.6. The molecule has 5 rings (SSSR count). The molecule has 2 saturated heterocycles. The van der Waals surface area contributed by atoms with E-state index in [-0.39, 0.29) is 18.4 Å². The van der Waals surface area contributed by atoms with Crippen LogP contribution in [0, 0.1) is 11.8 Å². The third-order valence-corrected chi connectivity index (χ3v) is 8.97. The summed E-state index contributed by atoms with van der Waals surface area (Å²) in [6, 6.07) is 12.2. The molecule has 0 saturated carbocycles. The van der Waals surface area contributed by atoms with Gasteiger partial charge in [-0.2, -0.15) is 13.2 Å². The lowest BCUT2D eigenvalue weighted by Crippen LogP contribution is -2.46. The average molecular weight is 558 g/mol. The minimum Gasteiger partial charge on any atom is -0.493 e. The predicted molar refractivity (Wildman–Crippen MR) is 156 cm³/mol. The molecular formula is C32H42F3N3O2. The Kier molecular flexibility index (Phi) is 8.55. The van der Waals surface area contributed by atoms with Gasteiger partial charge in [-0.25, -0.2) is 0 Å². The summed E-state index contributed by atoms with van der Waals surface area (Å²) in [5.41, 5.74) is 5.27. The number of anilines is 1. The number of nitrogens with one attached hydrogen (secondary N) is 2. The number of aromatic nitrogens is 1. The summed E-state index contributed by atoms with van der Waals surface area (Å²) in [6.45, 7) is 7.18. The van der Waals surface area contributed by atoms with Crippen molar-refractivity contribution in [2.45, 2.75) is 70.5 Å². The minimum atomic E-state index is -4.14. The number of benzene rings is 2. The molecule has 1 unspecified atom stereocenters. The van der Waals surface area contributed by atoms with Gasteiger partial charge in [-0.15, -0.1) is 0 Å². The summed E-state index contributed by atoms with van der Waals surface area (Å²) in [5, 5.41) is 4.54. The van der Waals surface area contributed by atoms with Gasteiger partial charge >= 0.3 is 6.18 Å². The van der Waals surface area contributed by atoms with E-state index in [1.165, 1.54) is 5.56 Å². The van der Waals surface area contributed by atoms with Crippen LogP contribution in [-0.4, -0.2) is 51.1 Å². The highest BCUT2D eigenvalue weighted by atomic mass is 19.4. The van der Waals surface area contributed by atoms with Gasteiger partial charge in [-0.3, -0.25) is 0 Å². The van der Waals surface area contributed by atoms with Crippen molar-refractivity contribution in [3.8, 4) is 22.8 Å². The number of piperidine rings is 2. The van der Waals surface area contributed by atoms with Gasteiger partial charge in [0, 0.05) is 41.2 Å². The van der Waals surface area contributed by atoms with E-state index in [1.54, 1.807) is 14.2 Å². The zero-order chi connectivity index (χ0) is 28.4. The molecule has 3 heterocycles. The Labute approximate surface area is 235 Å². The monoisotopic (exact) mass is 557 g/mol. The molecule has 2 fully saturated rings. The highest BCUT2D eigenvalue weighted by molar-refractivity contribution is 5.94. The second-order valence-electron chi connectivity index (χ2n) is 11.7. The van der Waals surface area contributed by atoms with Crippen molar-refractivity contribution in [2.75, 3.05) is 38.8 Å². The smallest absolute Gasteiger partial charge is 0.389 e. The number of H-pyrrole nitrogens is 1. The maximum Gasteiger partial charge on any atom is 0.389 e. The van der Waals surface area contributed by atoms with Gasteiger partial charge in [0.25, 0.3) is 0 Å². The highest BCUT2D eigenvalue weighted by Gasteiger charge is 2.36. The van der Waals surface area contributed by atoms with Gasteiger partial charge in [-0.1, -0.05) is 13.8 Å². The van der Waals surface area contributed by atoms with Crippen LogP contribution in [0.15, 0.2) is 36.4 Å². The van der Waals surface area contributed by atoms with Crippen LogP contribution < -0.4 is 19.7 Å². The summed E-state index contributed by atoms with van der Waals surface area (Å²) < 4.78 is 51.1. The van der Waals surface area contributed by atoms with Crippen molar-refractivity contribution >= 4 is 16.6 Å². The molecule has 1 aromatic heterocycles. The highest BCUT2D eigenvalue weighted by Crippen LogP contribution is 2.42. The molecule has 2 aromatic carbocycles. The topological polar surface area (TPSA) is 49.5 Å². The van der Waals surface area contributed by atoms with Crippen LogP contribution in [0.4, 0.5) is 18.9 Å². The summed E-state index contributed by atoms with van der Waals surface area (Å²) in [6.07, 6.45) is -0.612. The van der Waals surface area contributed by atoms with E-state index in [9.17, 15) is 13.2 Å². The molecule has 2 N–H and O–H groups in total. The van der Waals surface area contributed by atoms with Crippen LogP contribution >= 0.6 is 0 Å². The normalized spacial score (nSPS) is 20.9. The fraction of sp³-hybridized carbons (Fsp3) is 0.562. The number of hydrogen-bond acceptors (Lipinski definition) is 4. The number of alkyl halides is 3. The predicted octanol–water partition coefficient (Wildman–Crippen LogP) is 7.90. The number of ether oxygens (including phenoxy) is 2. The summed E-state index contributed by atoms with van der Waals surface area (Å²) >= 11 is 0. The second-order valence-corrected chi connectivity index (χ2v) is 11.7. The number of aromatic amines is 1. The van der Waals surface area contributed by atoms with Gasteiger partial charge in [0.1, 0.15) is 0 Å². The number of hydrogen-bond donors (Lipinski definition) is 2. The van der Waals surface area contributed by atoms with Crippen molar-refractivity contribution in [1.82, 2.24) is 10.3 Å². The SMILES string of the molecule is COc1ccc(-c2[nH]c3ccc(N4CCC(C5CCNCC5)C[C@H]4CCC(F)(F)F)cc3c2C(C)C)cc1OC. The van der Waals surface area contributed by atoms with Crippen LogP contribution in [-0.2, 0) is 0 Å². The van der Waals surface area contributed by atoms with Gasteiger partial charge in [0.05, 0.1) is 19.9 Å². The molecule has 0 spiro atoms. The lowest BCUT2D eigenvalue weighted by atomic mass is 9.76. The van der Waals surface area contributed by atoms with Crippen LogP contribution in [0.25, 0.3) is 22.2 Å². The average Bonchev–Trinajstić information content (AvgIpc) is 3.35. The van der Waals surface area contributed by atoms with E-state index in [2.05, 4.69) is 47.2 Å². The largest absolute Gasteiger partial charge is 0.493 e. The van der Waals surface area contributed by atoms with Gasteiger partial charge in [0.15, 0.2) is 11.5 Å². The van der Waals surface area contributed by atoms with E-state index in [1.807, 2.05) is 18.2 Å². The Morgan fingerprint density at radius 1 is 0.950 bits per heavy atom. The summed E-state index contributed by atoms with van der Waals surface area (Å²) in [5.74, 6) is 2.68. The van der Waals surface area contributed by atoms with E-state index in [4.69, 9.17) is 9.47 Å². The fourth-order valence-electron chi connectivity index (χ4n) is 6.97. The molecule has 0 bridgehead atoms. The first-order chi connectivity index (χ1) is 19.2. The number of nitrogens with zero attached hydrogens (tertiary/aromatic N) is 1. The van der Waals surface area contributed by atoms with Crippen LogP contribution in [0.3, 0.4) is 0 Å². The quantitative estimate of drug-likeness (QED) is 0.296. The molecule has 0 amide bonds. The van der Waals surface area contributed by atoms with E-state index in [0.29, 0.717) is 23.3 Å². The Hall–Kier alpha value is -2.87. The maximum atomic E-state index is 13.4. The Balaban J connectivity index is 1.49. The first-order valence-electron chi connectivity index (χ1n) is 14.6. The molecular weight excluding hydrogens is 515 g/mol. The molecule has 0 radical (unpaired) electrons. The van der Waals surface area contributed by atoms with Crippen LogP contribution in [0.2, 0.25) is 0 Å². The lowest BCUT2D eigenvalue weighted by molar-refractivity contribution is -0.136. The Morgan fingerprint density at radius 3 is 2.38 bits per heavy atom. The standard InChI is InChI=1S/C32H42F3N3O2/c1-20(2)30-26-19-24(6-7-27(26)37-31(30)23-5-8-28(39-3)29(18-23)40-4)38-16-12-22(21-10-14-36-15-11-21)17-25(38)9-13-32(33,34)35/h5-8,18-22,25,36-37H,9-17H2,1-4H3/t22?,25-/m1/s1. The van der Waals surface area contributed by atoms with Gasteiger partial charge in [0.2, 0.25) is 0 Å². The van der Waals surface area contributed by atoms with Crippen LogP contribution in [0.1, 0.15) is 63.9 Å². The summed E-state index contributed by atoms with van der Waals surface area (Å²) in [4.78, 5) is 5.88. The molecule has 5 nitrogen and oxygen atoms in total. The Bertz CT molecular complexity index is 1300. The van der Waals surface area contributed by atoms with E-state index < -0.39 is 12.6 Å². The lowest BCUT2D eigenvalue weighted by Gasteiger charge is -2.44. The molecule has 3 aromatic rings. The molecule has 218 valence electrons. The molecule has 8 heteroatoms. The maximum absolute atomic E-state index is 13.4.